The monoisotopic (exact) mass is 273 g/mol. The summed E-state index contributed by atoms with van der Waals surface area (Å²) in [5.41, 5.74) is 2.09. The molecule has 2 unspecified atom stereocenters. The van der Waals surface area contributed by atoms with Crippen LogP contribution in [0.1, 0.15) is 25.2 Å². The van der Waals surface area contributed by atoms with Crippen molar-refractivity contribution in [1.29, 1.82) is 0 Å². The van der Waals surface area contributed by atoms with E-state index in [4.69, 9.17) is 0 Å². The first-order chi connectivity index (χ1) is 8.29. The third kappa shape index (κ3) is 3.55. The van der Waals surface area contributed by atoms with Gasteiger partial charge in [-0.25, -0.2) is 8.42 Å². The lowest BCUT2D eigenvalue weighted by molar-refractivity contribution is 0.503. The molecule has 0 aromatic carbocycles. The van der Waals surface area contributed by atoms with E-state index in [0.717, 1.165) is 17.8 Å². The van der Waals surface area contributed by atoms with Crippen molar-refractivity contribution in [2.75, 3.05) is 13.3 Å². The molecule has 0 fully saturated rings. The van der Waals surface area contributed by atoms with E-state index in [9.17, 15) is 8.42 Å². The molecule has 104 valence electrons. The van der Waals surface area contributed by atoms with Crippen LogP contribution in [0.4, 0.5) is 0 Å². The van der Waals surface area contributed by atoms with Gasteiger partial charge in [0.2, 0.25) is 0 Å². The van der Waals surface area contributed by atoms with Crippen LogP contribution < -0.4 is 5.32 Å². The van der Waals surface area contributed by atoms with Crippen molar-refractivity contribution in [1.82, 2.24) is 15.1 Å². The second-order valence-corrected chi connectivity index (χ2v) is 7.14. The second-order valence-electron chi connectivity index (χ2n) is 4.74. The van der Waals surface area contributed by atoms with Gasteiger partial charge >= 0.3 is 0 Å². The van der Waals surface area contributed by atoms with Crippen LogP contribution >= 0.6 is 0 Å². The zero-order valence-electron chi connectivity index (χ0n) is 11.8. The van der Waals surface area contributed by atoms with Gasteiger partial charge < -0.3 is 5.32 Å². The van der Waals surface area contributed by atoms with Crippen LogP contribution in [0.15, 0.2) is 6.07 Å². The quantitative estimate of drug-likeness (QED) is 0.822. The largest absolute Gasteiger partial charge is 0.315 e. The molecule has 0 spiro atoms. The minimum Gasteiger partial charge on any atom is -0.315 e. The summed E-state index contributed by atoms with van der Waals surface area (Å²) >= 11 is 0. The Morgan fingerprint density at radius 2 is 2.11 bits per heavy atom. The molecule has 0 amide bonds. The Bertz CT molecular complexity index is 493. The van der Waals surface area contributed by atoms with E-state index in [-0.39, 0.29) is 6.04 Å². The van der Waals surface area contributed by atoms with E-state index < -0.39 is 15.1 Å². The zero-order chi connectivity index (χ0) is 13.9. The molecule has 5 nitrogen and oxygen atoms in total. The van der Waals surface area contributed by atoms with Crippen molar-refractivity contribution < 1.29 is 8.42 Å². The molecule has 0 saturated carbocycles. The molecule has 0 bridgehead atoms. The Balaban J connectivity index is 2.89. The maximum atomic E-state index is 11.6. The number of aromatic nitrogens is 2. The summed E-state index contributed by atoms with van der Waals surface area (Å²) < 4.78 is 25.0. The Labute approximate surface area is 109 Å². The molecule has 18 heavy (non-hydrogen) atoms. The average Bonchev–Trinajstić information content (AvgIpc) is 2.64. The molecule has 1 rings (SSSR count). The van der Waals surface area contributed by atoms with Crippen LogP contribution in [0, 0.1) is 0 Å². The van der Waals surface area contributed by atoms with Crippen molar-refractivity contribution >= 4 is 9.84 Å². The third-order valence-corrected chi connectivity index (χ3v) is 5.11. The van der Waals surface area contributed by atoms with Crippen LogP contribution in [0.25, 0.3) is 0 Å². The summed E-state index contributed by atoms with van der Waals surface area (Å²) in [6.07, 6.45) is 2.83. The lowest BCUT2D eigenvalue weighted by Gasteiger charge is -2.22. The Morgan fingerprint density at radius 3 is 2.50 bits per heavy atom. The van der Waals surface area contributed by atoms with E-state index in [1.165, 1.54) is 6.26 Å². The fourth-order valence-corrected chi connectivity index (χ4v) is 2.79. The maximum Gasteiger partial charge on any atom is 0.151 e. The van der Waals surface area contributed by atoms with Crippen LogP contribution in [0.3, 0.4) is 0 Å². The highest BCUT2D eigenvalue weighted by Gasteiger charge is 2.25. The SMILES string of the molecule is CCc1cc(CC(NC)C(C)S(C)(=O)=O)n(C)n1. The van der Waals surface area contributed by atoms with Crippen molar-refractivity contribution in [3.63, 3.8) is 0 Å². The summed E-state index contributed by atoms with van der Waals surface area (Å²) in [7, 11) is 0.652. The van der Waals surface area contributed by atoms with Gasteiger partial charge in [-0.15, -0.1) is 0 Å². The smallest absolute Gasteiger partial charge is 0.151 e. The van der Waals surface area contributed by atoms with Crippen molar-refractivity contribution in [2.24, 2.45) is 7.05 Å². The lowest BCUT2D eigenvalue weighted by atomic mass is 10.1. The highest BCUT2D eigenvalue weighted by molar-refractivity contribution is 7.91. The molecular weight excluding hydrogens is 250 g/mol. The number of hydrogen-bond donors (Lipinski definition) is 1. The number of sulfone groups is 1. The van der Waals surface area contributed by atoms with Gasteiger partial charge in [0.1, 0.15) is 0 Å². The van der Waals surface area contributed by atoms with Gasteiger partial charge in [0.25, 0.3) is 0 Å². The third-order valence-electron chi connectivity index (χ3n) is 3.43. The molecule has 1 aromatic heterocycles. The highest BCUT2D eigenvalue weighted by atomic mass is 32.2. The molecule has 1 aromatic rings. The van der Waals surface area contributed by atoms with Crippen LogP contribution in [-0.4, -0.2) is 42.8 Å². The zero-order valence-corrected chi connectivity index (χ0v) is 12.6. The van der Waals surface area contributed by atoms with Gasteiger partial charge in [0, 0.05) is 31.5 Å². The Morgan fingerprint density at radius 1 is 1.50 bits per heavy atom. The molecule has 0 aliphatic carbocycles. The van der Waals surface area contributed by atoms with Crippen molar-refractivity contribution in [3.8, 4) is 0 Å². The highest BCUT2D eigenvalue weighted by Crippen LogP contribution is 2.12. The predicted octanol–water partition coefficient (Wildman–Crippen LogP) is 0.546. The molecule has 2 atom stereocenters. The molecule has 0 aliphatic rings. The summed E-state index contributed by atoms with van der Waals surface area (Å²) in [4.78, 5) is 0. The van der Waals surface area contributed by atoms with E-state index >= 15 is 0 Å². The topological polar surface area (TPSA) is 64.0 Å². The lowest BCUT2D eigenvalue weighted by Crippen LogP contribution is -2.42. The number of hydrogen-bond acceptors (Lipinski definition) is 4. The van der Waals surface area contributed by atoms with Crippen molar-refractivity contribution in [3.05, 3.63) is 17.5 Å². The molecule has 1 N–H and O–H groups in total. The van der Waals surface area contributed by atoms with Gasteiger partial charge in [0.05, 0.1) is 10.9 Å². The molecular formula is C12H23N3O2S. The van der Waals surface area contributed by atoms with Crippen LogP contribution in [0.5, 0.6) is 0 Å². The minimum absolute atomic E-state index is 0.0971. The fourth-order valence-electron chi connectivity index (χ4n) is 1.96. The first-order valence-corrected chi connectivity index (χ1v) is 8.13. The molecule has 0 radical (unpaired) electrons. The average molecular weight is 273 g/mol. The molecule has 6 heteroatoms. The second kappa shape index (κ2) is 5.84. The van der Waals surface area contributed by atoms with Gasteiger partial charge in [-0.2, -0.15) is 5.10 Å². The van der Waals surface area contributed by atoms with E-state index in [1.54, 1.807) is 14.0 Å². The fraction of sp³-hybridized carbons (Fsp3) is 0.750. The minimum atomic E-state index is -3.04. The molecule has 0 saturated heterocycles. The number of nitrogens with zero attached hydrogens (tertiary/aromatic N) is 2. The van der Waals surface area contributed by atoms with Crippen molar-refractivity contribution in [2.45, 2.75) is 38.0 Å². The standard InChI is InChI=1S/C12H23N3O2S/c1-6-10-7-11(15(4)14-10)8-12(13-3)9(2)18(5,16)17/h7,9,12-13H,6,8H2,1-5H3. The van der Waals surface area contributed by atoms with Gasteiger partial charge in [0.15, 0.2) is 9.84 Å². The first kappa shape index (κ1) is 15.2. The number of aryl methyl sites for hydroxylation is 2. The van der Waals surface area contributed by atoms with Gasteiger partial charge in [-0.3, -0.25) is 4.68 Å². The summed E-state index contributed by atoms with van der Waals surface area (Å²) in [6, 6.07) is 1.94. The van der Waals surface area contributed by atoms with E-state index in [2.05, 4.69) is 17.3 Å². The maximum absolute atomic E-state index is 11.6. The molecule has 0 aliphatic heterocycles. The summed E-state index contributed by atoms with van der Waals surface area (Å²) in [6.45, 7) is 3.80. The van der Waals surface area contributed by atoms with Gasteiger partial charge in [-0.05, 0) is 26.5 Å². The van der Waals surface area contributed by atoms with Crippen LogP contribution in [0.2, 0.25) is 0 Å². The Kier molecular flexibility index (Phi) is 4.92. The van der Waals surface area contributed by atoms with E-state index in [1.807, 2.05) is 17.8 Å². The predicted molar refractivity (Wildman–Crippen MR) is 73.4 cm³/mol. The van der Waals surface area contributed by atoms with E-state index in [0.29, 0.717) is 6.42 Å². The summed E-state index contributed by atoms with van der Waals surface area (Å²) in [5, 5.41) is 7.05. The first-order valence-electron chi connectivity index (χ1n) is 6.17. The van der Waals surface area contributed by atoms with Gasteiger partial charge in [-0.1, -0.05) is 6.92 Å². The molecule has 1 heterocycles. The number of likely N-dealkylation sites (N-methyl/N-ethyl adjacent to an activating group) is 1. The Hall–Kier alpha value is -0.880. The summed E-state index contributed by atoms with van der Waals surface area (Å²) in [5.74, 6) is 0. The normalized spacial score (nSPS) is 15.6. The number of nitrogens with one attached hydrogen (secondary N) is 1. The van der Waals surface area contributed by atoms with Crippen LogP contribution in [-0.2, 0) is 29.7 Å². The number of rotatable bonds is 6.